The lowest BCUT2D eigenvalue weighted by atomic mass is 10.0. The molecule has 0 aliphatic rings. The highest BCUT2D eigenvalue weighted by atomic mass is 16.1. The Balaban J connectivity index is 1.70. The van der Waals surface area contributed by atoms with Gasteiger partial charge in [0.2, 0.25) is 5.91 Å². The third-order valence-electron chi connectivity index (χ3n) is 4.55. The third-order valence-corrected chi connectivity index (χ3v) is 4.55. The van der Waals surface area contributed by atoms with Crippen molar-refractivity contribution in [3.63, 3.8) is 0 Å². The number of aromatic amines is 1. The van der Waals surface area contributed by atoms with Crippen LogP contribution in [0.3, 0.4) is 0 Å². The summed E-state index contributed by atoms with van der Waals surface area (Å²) in [7, 11) is 0. The maximum Gasteiger partial charge on any atom is 0.224 e. The summed E-state index contributed by atoms with van der Waals surface area (Å²) < 4.78 is 0. The van der Waals surface area contributed by atoms with Gasteiger partial charge in [-0.25, -0.2) is 4.98 Å². The van der Waals surface area contributed by atoms with Crippen LogP contribution in [0.15, 0.2) is 55.2 Å². The molecule has 0 saturated carbocycles. The number of carbonyl (C=O) groups excluding carboxylic acids is 1. The molecule has 0 aliphatic heterocycles. The molecule has 29 heavy (non-hydrogen) atoms. The lowest BCUT2D eigenvalue weighted by molar-refractivity contribution is -0.115. The summed E-state index contributed by atoms with van der Waals surface area (Å²) in [6.07, 6.45) is 8.71. The molecule has 4 aromatic rings. The van der Waals surface area contributed by atoms with Crippen LogP contribution in [-0.2, 0) is 4.79 Å². The van der Waals surface area contributed by atoms with Gasteiger partial charge >= 0.3 is 0 Å². The number of hydrogen-bond acceptors (Lipinski definition) is 6. The highest BCUT2D eigenvalue weighted by Crippen LogP contribution is 2.26. The molecular formula is C21H19N7O. The van der Waals surface area contributed by atoms with Crippen LogP contribution in [0.25, 0.3) is 22.0 Å². The Hall–Kier alpha value is -4.07. The van der Waals surface area contributed by atoms with E-state index < -0.39 is 0 Å². The van der Waals surface area contributed by atoms with Crippen molar-refractivity contribution in [1.29, 1.82) is 5.41 Å². The molecule has 0 radical (unpaired) electrons. The van der Waals surface area contributed by atoms with E-state index in [1.165, 1.54) is 0 Å². The van der Waals surface area contributed by atoms with Crippen LogP contribution >= 0.6 is 0 Å². The fourth-order valence-corrected chi connectivity index (χ4v) is 3.00. The Kier molecular flexibility index (Phi) is 4.74. The number of hydrogen-bond donors (Lipinski definition) is 4. The summed E-state index contributed by atoms with van der Waals surface area (Å²) in [5.41, 5.74) is 10.4. The molecule has 4 rings (SSSR count). The van der Waals surface area contributed by atoms with E-state index in [0.717, 1.165) is 22.0 Å². The van der Waals surface area contributed by atoms with Gasteiger partial charge in [-0.3, -0.25) is 20.2 Å². The van der Waals surface area contributed by atoms with E-state index in [9.17, 15) is 4.79 Å². The molecule has 0 bridgehead atoms. The number of nitrogens with one attached hydrogen (secondary N) is 3. The van der Waals surface area contributed by atoms with Gasteiger partial charge in [-0.2, -0.15) is 0 Å². The van der Waals surface area contributed by atoms with Crippen molar-refractivity contribution in [3.8, 4) is 11.1 Å². The van der Waals surface area contributed by atoms with Crippen LogP contribution < -0.4 is 11.1 Å². The SMILES string of the molecule is CCC(=O)Nc1cncc(-c2cnc(N)c(C(=N)c3cc4cnccc4[nH]3)c2)c1. The second-order valence-electron chi connectivity index (χ2n) is 6.54. The van der Waals surface area contributed by atoms with Crippen LogP contribution in [0.4, 0.5) is 11.5 Å². The zero-order valence-electron chi connectivity index (χ0n) is 15.7. The third kappa shape index (κ3) is 3.68. The predicted molar refractivity (Wildman–Crippen MR) is 113 cm³/mol. The number of H-pyrrole nitrogens is 1. The van der Waals surface area contributed by atoms with E-state index in [0.29, 0.717) is 23.4 Å². The molecule has 4 heterocycles. The Morgan fingerprint density at radius 3 is 2.76 bits per heavy atom. The second kappa shape index (κ2) is 7.51. The quantitative estimate of drug-likeness (QED) is 0.391. The average molecular weight is 385 g/mol. The highest BCUT2D eigenvalue weighted by molar-refractivity contribution is 6.14. The Morgan fingerprint density at radius 1 is 1.14 bits per heavy atom. The molecule has 0 aliphatic carbocycles. The summed E-state index contributed by atoms with van der Waals surface area (Å²) in [4.78, 5) is 27.4. The fraction of sp³-hybridized carbons (Fsp3) is 0.0952. The smallest absolute Gasteiger partial charge is 0.224 e. The fourth-order valence-electron chi connectivity index (χ4n) is 3.00. The van der Waals surface area contributed by atoms with Crippen LogP contribution in [0.5, 0.6) is 0 Å². The van der Waals surface area contributed by atoms with Crippen molar-refractivity contribution in [2.75, 3.05) is 11.1 Å². The molecule has 8 heteroatoms. The maximum absolute atomic E-state index is 11.6. The number of anilines is 2. The molecule has 0 aromatic carbocycles. The summed E-state index contributed by atoms with van der Waals surface area (Å²) in [5, 5.41) is 12.3. The van der Waals surface area contributed by atoms with E-state index in [4.69, 9.17) is 11.1 Å². The monoisotopic (exact) mass is 385 g/mol. The first-order valence-electron chi connectivity index (χ1n) is 9.08. The first-order valence-corrected chi connectivity index (χ1v) is 9.08. The first-order chi connectivity index (χ1) is 14.0. The van der Waals surface area contributed by atoms with Gasteiger partial charge in [0.15, 0.2) is 0 Å². The van der Waals surface area contributed by atoms with Crippen molar-refractivity contribution in [2.45, 2.75) is 13.3 Å². The number of carbonyl (C=O) groups is 1. The van der Waals surface area contributed by atoms with Gasteiger partial charge in [0.25, 0.3) is 0 Å². The lowest BCUT2D eigenvalue weighted by Gasteiger charge is -2.10. The zero-order chi connectivity index (χ0) is 20.4. The van der Waals surface area contributed by atoms with Gasteiger partial charge < -0.3 is 16.0 Å². The van der Waals surface area contributed by atoms with Gasteiger partial charge in [-0.05, 0) is 24.3 Å². The molecule has 5 N–H and O–H groups in total. The number of nitrogens with zero attached hydrogens (tertiary/aromatic N) is 3. The first kappa shape index (κ1) is 18.3. The minimum absolute atomic E-state index is 0.0878. The molecular weight excluding hydrogens is 366 g/mol. The number of nitrogens with two attached hydrogens (primary N) is 1. The Bertz CT molecular complexity index is 1200. The van der Waals surface area contributed by atoms with Crippen LogP contribution in [0.1, 0.15) is 24.6 Å². The standard InChI is InChI=1S/C21H19N7O/c1-2-19(29)27-15-5-12(8-25-11-15)13-6-16(21(23)26-10-13)20(22)18-7-14-9-24-4-3-17(14)28-18/h3-11,22,28H,2H2,1H3,(H2,23,26)(H,27,29). The minimum Gasteiger partial charge on any atom is -0.383 e. The number of rotatable bonds is 5. The molecule has 0 fully saturated rings. The largest absolute Gasteiger partial charge is 0.383 e. The topological polar surface area (TPSA) is 133 Å². The van der Waals surface area contributed by atoms with E-state index in [-0.39, 0.29) is 17.4 Å². The Morgan fingerprint density at radius 2 is 1.97 bits per heavy atom. The van der Waals surface area contributed by atoms with Crippen molar-refractivity contribution < 1.29 is 4.79 Å². The molecule has 4 aromatic heterocycles. The van der Waals surface area contributed by atoms with E-state index in [1.807, 2.05) is 18.2 Å². The van der Waals surface area contributed by atoms with Crippen LogP contribution in [0.2, 0.25) is 0 Å². The van der Waals surface area contributed by atoms with Gasteiger partial charge in [-0.15, -0.1) is 0 Å². The van der Waals surface area contributed by atoms with Crippen molar-refractivity contribution in [2.24, 2.45) is 0 Å². The summed E-state index contributed by atoms with van der Waals surface area (Å²) in [5.74, 6) is 0.175. The zero-order valence-corrected chi connectivity index (χ0v) is 15.7. The van der Waals surface area contributed by atoms with Gasteiger partial charge in [0, 0.05) is 58.8 Å². The molecule has 144 valence electrons. The summed E-state index contributed by atoms with van der Waals surface area (Å²) in [6, 6.07) is 7.33. The number of pyridine rings is 3. The molecule has 0 unspecified atom stereocenters. The number of amides is 1. The summed E-state index contributed by atoms with van der Waals surface area (Å²) in [6.45, 7) is 1.79. The second-order valence-corrected chi connectivity index (χ2v) is 6.54. The van der Waals surface area contributed by atoms with E-state index in [1.54, 1.807) is 44.0 Å². The van der Waals surface area contributed by atoms with Gasteiger partial charge in [-0.1, -0.05) is 6.92 Å². The maximum atomic E-state index is 11.6. The molecule has 0 atom stereocenters. The van der Waals surface area contributed by atoms with Gasteiger partial charge in [0.1, 0.15) is 5.82 Å². The van der Waals surface area contributed by atoms with E-state index in [2.05, 4.69) is 25.3 Å². The number of nitrogen functional groups attached to an aromatic ring is 1. The van der Waals surface area contributed by atoms with E-state index >= 15 is 0 Å². The molecule has 8 nitrogen and oxygen atoms in total. The number of fused-ring (bicyclic) bond motifs is 1. The Labute approximate surface area is 166 Å². The average Bonchev–Trinajstić information content (AvgIpc) is 3.18. The van der Waals surface area contributed by atoms with Crippen molar-refractivity contribution in [3.05, 3.63) is 66.5 Å². The molecule has 1 amide bonds. The molecule has 0 saturated heterocycles. The molecule has 0 spiro atoms. The predicted octanol–water partition coefficient (Wildman–Crippen LogP) is 3.37. The normalized spacial score (nSPS) is 10.8. The minimum atomic E-state index is -0.0878. The lowest BCUT2D eigenvalue weighted by Crippen LogP contribution is -2.10. The van der Waals surface area contributed by atoms with Crippen LogP contribution in [-0.4, -0.2) is 31.6 Å². The van der Waals surface area contributed by atoms with Crippen molar-refractivity contribution >= 4 is 34.0 Å². The highest BCUT2D eigenvalue weighted by Gasteiger charge is 2.14. The summed E-state index contributed by atoms with van der Waals surface area (Å²) >= 11 is 0. The number of aromatic nitrogens is 4. The van der Waals surface area contributed by atoms with Crippen LogP contribution in [0, 0.1) is 5.41 Å². The van der Waals surface area contributed by atoms with Gasteiger partial charge in [0.05, 0.1) is 23.3 Å². The van der Waals surface area contributed by atoms with Crippen molar-refractivity contribution in [1.82, 2.24) is 19.9 Å².